The normalized spacial score (nSPS) is 23.7. The number of imidazole rings is 1. The molecular formula is C17H23N5O2. The molecule has 2 fully saturated rings. The highest BCUT2D eigenvalue weighted by atomic mass is 16.2. The Balaban J connectivity index is 1.70. The van der Waals surface area contributed by atoms with Crippen molar-refractivity contribution in [2.45, 2.75) is 56.5 Å². The standard InChI is InChI=1S/C17H23N5O2/c18-17(6-2-3-7-17)15(24)21-9-4-1-5-13(21)12-11-14(23)22-10-8-19-16(22)20-12/h8,10-11,13H,1-7,9,18H2,(H,19,20). The van der Waals surface area contributed by atoms with E-state index in [4.69, 9.17) is 5.73 Å². The van der Waals surface area contributed by atoms with Crippen LogP contribution in [0.25, 0.3) is 5.78 Å². The first-order valence-electron chi connectivity index (χ1n) is 8.75. The summed E-state index contributed by atoms with van der Waals surface area (Å²) in [5, 5.41) is 0. The number of aromatic amines is 1. The summed E-state index contributed by atoms with van der Waals surface area (Å²) in [6.07, 6.45) is 9.62. The molecule has 2 aromatic heterocycles. The number of piperidine rings is 1. The van der Waals surface area contributed by atoms with Crippen LogP contribution in [0.3, 0.4) is 0 Å². The molecular weight excluding hydrogens is 306 g/mol. The van der Waals surface area contributed by atoms with E-state index in [0.717, 1.165) is 50.6 Å². The highest BCUT2D eigenvalue weighted by Crippen LogP contribution is 2.35. The van der Waals surface area contributed by atoms with Gasteiger partial charge in [-0.1, -0.05) is 12.8 Å². The molecule has 1 aliphatic carbocycles. The summed E-state index contributed by atoms with van der Waals surface area (Å²) < 4.78 is 1.47. The Bertz CT molecular complexity index is 818. The van der Waals surface area contributed by atoms with E-state index in [0.29, 0.717) is 12.3 Å². The van der Waals surface area contributed by atoms with E-state index in [1.54, 1.807) is 18.5 Å². The molecule has 0 radical (unpaired) electrons. The number of H-pyrrole nitrogens is 1. The summed E-state index contributed by atoms with van der Waals surface area (Å²) in [5.41, 5.74) is 6.30. The lowest BCUT2D eigenvalue weighted by Gasteiger charge is -2.40. The largest absolute Gasteiger partial charge is 0.333 e. The zero-order chi connectivity index (χ0) is 16.7. The Morgan fingerprint density at radius 3 is 2.88 bits per heavy atom. The average molecular weight is 329 g/mol. The van der Waals surface area contributed by atoms with Crippen LogP contribution in [-0.2, 0) is 4.79 Å². The molecule has 2 aromatic rings. The fourth-order valence-electron chi connectivity index (χ4n) is 4.12. The predicted octanol–water partition coefficient (Wildman–Crippen LogP) is 1.35. The number of carbonyl (C=O) groups is 1. The second-order valence-corrected chi connectivity index (χ2v) is 7.06. The number of nitrogens with zero attached hydrogens (tertiary/aromatic N) is 3. The summed E-state index contributed by atoms with van der Waals surface area (Å²) in [4.78, 5) is 34.7. The molecule has 1 saturated carbocycles. The highest BCUT2D eigenvalue weighted by molar-refractivity contribution is 5.87. The number of carbonyl (C=O) groups excluding carboxylic acids is 1. The summed E-state index contributed by atoms with van der Waals surface area (Å²) >= 11 is 0. The van der Waals surface area contributed by atoms with E-state index in [9.17, 15) is 9.59 Å². The Hall–Kier alpha value is -2.15. The molecule has 24 heavy (non-hydrogen) atoms. The van der Waals surface area contributed by atoms with Gasteiger partial charge >= 0.3 is 0 Å². The number of hydrogen-bond donors (Lipinski definition) is 2. The fraction of sp³-hybridized carbons (Fsp3) is 0.588. The van der Waals surface area contributed by atoms with Gasteiger partial charge in [0.1, 0.15) is 0 Å². The molecule has 0 spiro atoms. The third-order valence-corrected chi connectivity index (χ3v) is 5.46. The second-order valence-electron chi connectivity index (χ2n) is 7.06. The number of amides is 1. The molecule has 7 nitrogen and oxygen atoms in total. The summed E-state index contributed by atoms with van der Waals surface area (Å²) in [6.45, 7) is 0.699. The highest BCUT2D eigenvalue weighted by Gasteiger charge is 2.42. The van der Waals surface area contributed by atoms with Crippen molar-refractivity contribution in [3.8, 4) is 0 Å². The first kappa shape index (κ1) is 15.4. The minimum absolute atomic E-state index is 0.0359. The minimum Gasteiger partial charge on any atom is -0.333 e. The van der Waals surface area contributed by atoms with Crippen molar-refractivity contribution in [2.75, 3.05) is 6.54 Å². The topological polar surface area (TPSA) is 96.5 Å². The van der Waals surface area contributed by atoms with Gasteiger partial charge in [0.05, 0.1) is 11.6 Å². The zero-order valence-electron chi connectivity index (χ0n) is 13.7. The first-order valence-corrected chi connectivity index (χ1v) is 8.75. The van der Waals surface area contributed by atoms with Crippen molar-refractivity contribution in [1.82, 2.24) is 19.3 Å². The number of likely N-dealkylation sites (tertiary alicyclic amines) is 1. The molecule has 128 valence electrons. The molecule has 0 aromatic carbocycles. The van der Waals surface area contributed by atoms with Gasteiger partial charge in [-0.15, -0.1) is 0 Å². The van der Waals surface area contributed by atoms with Crippen LogP contribution in [0.2, 0.25) is 0 Å². The molecule has 1 aliphatic heterocycles. The Morgan fingerprint density at radius 1 is 1.29 bits per heavy atom. The van der Waals surface area contributed by atoms with Crippen LogP contribution < -0.4 is 11.3 Å². The number of hydrogen-bond acceptors (Lipinski definition) is 4. The smallest absolute Gasteiger partial charge is 0.259 e. The van der Waals surface area contributed by atoms with Gasteiger partial charge in [-0.2, -0.15) is 0 Å². The van der Waals surface area contributed by atoms with E-state index >= 15 is 0 Å². The fourth-order valence-corrected chi connectivity index (χ4v) is 4.12. The molecule has 1 saturated heterocycles. The molecule has 3 heterocycles. The number of rotatable bonds is 2. The maximum absolute atomic E-state index is 13.1. The van der Waals surface area contributed by atoms with Crippen LogP contribution in [-0.4, -0.2) is 37.3 Å². The van der Waals surface area contributed by atoms with E-state index in [2.05, 4.69) is 9.97 Å². The van der Waals surface area contributed by atoms with Gasteiger partial charge in [0.25, 0.3) is 5.56 Å². The van der Waals surface area contributed by atoms with Gasteiger partial charge in [0.15, 0.2) is 0 Å². The zero-order valence-corrected chi connectivity index (χ0v) is 13.7. The molecule has 0 bridgehead atoms. The van der Waals surface area contributed by atoms with Crippen LogP contribution >= 0.6 is 0 Å². The third kappa shape index (κ3) is 2.43. The van der Waals surface area contributed by atoms with Crippen LogP contribution in [0.1, 0.15) is 56.7 Å². The van der Waals surface area contributed by atoms with Gasteiger partial charge in [0, 0.05) is 30.7 Å². The summed E-state index contributed by atoms with van der Waals surface area (Å²) in [7, 11) is 0. The molecule has 7 heteroatoms. The molecule has 4 rings (SSSR count). The molecule has 1 unspecified atom stereocenters. The van der Waals surface area contributed by atoms with E-state index in [1.807, 2.05) is 4.90 Å². The molecule has 3 N–H and O–H groups in total. The minimum atomic E-state index is -0.729. The monoisotopic (exact) mass is 329 g/mol. The van der Waals surface area contributed by atoms with Crippen LogP contribution in [0.15, 0.2) is 23.3 Å². The molecule has 2 aliphatic rings. The lowest BCUT2D eigenvalue weighted by molar-refractivity contribution is -0.141. The van der Waals surface area contributed by atoms with Crippen molar-refractivity contribution in [3.63, 3.8) is 0 Å². The van der Waals surface area contributed by atoms with Crippen LogP contribution in [0.4, 0.5) is 0 Å². The molecule has 1 atom stereocenters. The van der Waals surface area contributed by atoms with Gasteiger partial charge in [-0.3, -0.25) is 14.0 Å². The number of nitrogens with two attached hydrogens (primary N) is 1. The maximum Gasteiger partial charge on any atom is 0.259 e. The van der Waals surface area contributed by atoms with Crippen molar-refractivity contribution in [2.24, 2.45) is 5.73 Å². The average Bonchev–Trinajstić information content (AvgIpc) is 3.24. The lowest BCUT2D eigenvalue weighted by atomic mass is 9.92. The van der Waals surface area contributed by atoms with E-state index in [1.165, 1.54) is 4.40 Å². The predicted molar refractivity (Wildman–Crippen MR) is 89.5 cm³/mol. The SMILES string of the molecule is NC1(C(=O)N2CCCCC2c2cc(=O)n3ccnc3[nH]2)CCCC1. The van der Waals surface area contributed by atoms with Crippen LogP contribution in [0, 0.1) is 0 Å². The van der Waals surface area contributed by atoms with E-state index in [-0.39, 0.29) is 17.5 Å². The quantitative estimate of drug-likeness (QED) is 0.869. The number of aromatic nitrogens is 3. The Morgan fingerprint density at radius 2 is 2.08 bits per heavy atom. The lowest BCUT2D eigenvalue weighted by Crippen LogP contribution is -2.55. The van der Waals surface area contributed by atoms with Crippen molar-refractivity contribution in [1.29, 1.82) is 0 Å². The number of nitrogens with one attached hydrogen (secondary N) is 1. The number of fused-ring (bicyclic) bond motifs is 1. The second kappa shape index (κ2) is 5.73. The van der Waals surface area contributed by atoms with Crippen LogP contribution in [0.5, 0.6) is 0 Å². The summed E-state index contributed by atoms with van der Waals surface area (Å²) in [6, 6.07) is 1.46. The Labute approximate surface area is 139 Å². The first-order chi connectivity index (χ1) is 11.6. The summed E-state index contributed by atoms with van der Waals surface area (Å²) in [5.74, 6) is 0.549. The Kier molecular flexibility index (Phi) is 3.68. The maximum atomic E-state index is 13.1. The molecule has 1 amide bonds. The van der Waals surface area contributed by atoms with Crippen molar-refractivity contribution in [3.05, 3.63) is 34.5 Å². The van der Waals surface area contributed by atoms with Gasteiger partial charge < -0.3 is 15.6 Å². The van der Waals surface area contributed by atoms with Crippen molar-refractivity contribution >= 4 is 11.7 Å². The third-order valence-electron chi connectivity index (χ3n) is 5.46. The van der Waals surface area contributed by atoms with Gasteiger partial charge in [-0.25, -0.2) is 4.98 Å². The van der Waals surface area contributed by atoms with E-state index < -0.39 is 5.54 Å². The van der Waals surface area contributed by atoms with Gasteiger partial charge in [-0.05, 0) is 32.1 Å². The van der Waals surface area contributed by atoms with Gasteiger partial charge in [0.2, 0.25) is 11.7 Å². The van der Waals surface area contributed by atoms with Crippen molar-refractivity contribution < 1.29 is 4.79 Å².